The van der Waals surface area contributed by atoms with Crippen molar-refractivity contribution in [1.82, 2.24) is 4.47 Å². The third-order valence-corrected chi connectivity index (χ3v) is 6.01. The Kier molecular flexibility index (Phi) is 9.56. The summed E-state index contributed by atoms with van der Waals surface area (Å²) in [6.45, 7) is 1.69. The number of sulfonamides is 1. The lowest BCUT2D eigenvalue weighted by Gasteiger charge is -2.29. The van der Waals surface area contributed by atoms with Gasteiger partial charge in [-0.1, -0.05) is 54.1 Å². The Morgan fingerprint density at radius 1 is 1.08 bits per heavy atom. The predicted molar refractivity (Wildman–Crippen MR) is 103 cm³/mol. The Balaban J connectivity index is 1.93. The number of nitrogens with two attached hydrogens (primary N) is 1. The van der Waals surface area contributed by atoms with Gasteiger partial charge >= 0.3 is 0 Å². The molecule has 2 rings (SSSR count). The Hall–Kier alpha value is -0.990. The standard InChI is InChI=1S/C19H32N2O4S/c20-14-8-2-1-3-9-15-21(25-19-13-7-10-16-24-19)26(22,23)17-18-11-5-4-6-12-18/h4-6,11-12,19H,1-3,7-10,13-17,20H2. The molecule has 0 saturated carbocycles. The minimum Gasteiger partial charge on any atom is -0.351 e. The molecule has 1 unspecified atom stereocenters. The fraction of sp³-hybridized carbons (Fsp3) is 0.684. The quantitative estimate of drug-likeness (QED) is 0.442. The van der Waals surface area contributed by atoms with Crippen molar-refractivity contribution in [3.8, 4) is 0 Å². The van der Waals surface area contributed by atoms with Crippen LogP contribution in [-0.2, 0) is 25.4 Å². The normalized spacial score (nSPS) is 18.3. The number of hydroxylamine groups is 1. The molecule has 7 heteroatoms. The Morgan fingerprint density at radius 2 is 1.81 bits per heavy atom. The molecule has 1 fully saturated rings. The van der Waals surface area contributed by atoms with E-state index in [1.165, 1.54) is 4.47 Å². The Bertz CT molecular complexity index is 589. The lowest BCUT2D eigenvalue weighted by molar-refractivity contribution is -0.252. The van der Waals surface area contributed by atoms with Crippen LogP contribution in [0.15, 0.2) is 30.3 Å². The van der Waals surface area contributed by atoms with Gasteiger partial charge in [-0.05, 0) is 37.8 Å². The van der Waals surface area contributed by atoms with E-state index in [1.807, 2.05) is 30.3 Å². The molecule has 1 atom stereocenters. The van der Waals surface area contributed by atoms with Crippen LogP contribution in [0, 0.1) is 0 Å². The number of rotatable bonds is 12. The molecule has 148 valence electrons. The Morgan fingerprint density at radius 3 is 2.50 bits per heavy atom. The minimum atomic E-state index is -3.56. The van der Waals surface area contributed by atoms with E-state index in [2.05, 4.69) is 0 Å². The van der Waals surface area contributed by atoms with Gasteiger partial charge in [0.15, 0.2) is 6.29 Å². The van der Waals surface area contributed by atoms with Crippen LogP contribution in [0.2, 0.25) is 0 Å². The first-order valence-corrected chi connectivity index (χ1v) is 11.3. The molecule has 1 aromatic rings. The van der Waals surface area contributed by atoms with Crippen molar-refractivity contribution in [3.05, 3.63) is 35.9 Å². The van der Waals surface area contributed by atoms with Gasteiger partial charge in [-0.15, -0.1) is 0 Å². The van der Waals surface area contributed by atoms with Crippen molar-refractivity contribution >= 4 is 10.0 Å². The average molecular weight is 385 g/mol. The lowest BCUT2D eigenvalue weighted by atomic mass is 10.1. The van der Waals surface area contributed by atoms with Gasteiger partial charge in [-0.3, -0.25) is 4.84 Å². The van der Waals surface area contributed by atoms with E-state index in [0.717, 1.165) is 56.9 Å². The molecule has 1 aliphatic rings. The molecule has 0 radical (unpaired) electrons. The largest absolute Gasteiger partial charge is 0.351 e. The van der Waals surface area contributed by atoms with Gasteiger partial charge in [-0.25, -0.2) is 8.42 Å². The zero-order chi connectivity index (χ0) is 18.7. The summed E-state index contributed by atoms with van der Waals surface area (Å²) in [5.41, 5.74) is 6.26. The van der Waals surface area contributed by atoms with Crippen molar-refractivity contribution in [1.29, 1.82) is 0 Å². The number of nitrogens with zero attached hydrogens (tertiary/aromatic N) is 1. The molecular weight excluding hydrogens is 352 g/mol. The first kappa shape index (κ1) is 21.3. The summed E-state index contributed by atoms with van der Waals surface area (Å²) >= 11 is 0. The molecule has 6 nitrogen and oxygen atoms in total. The first-order chi connectivity index (χ1) is 12.6. The van der Waals surface area contributed by atoms with Crippen molar-refractivity contribution in [2.75, 3.05) is 19.7 Å². The Labute approximate surface area is 157 Å². The molecular formula is C19H32N2O4S. The number of hydrogen-bond acceptors (Lipinski definition) is 5. The molecule has 26 heavy (non-hydrogen) atoms. The van der Waals surface area contributed by atoms with Crippen LogP contribution >= 0.6 is 0 Å². The van der Waals surface area contributed by atoms with E-state index >= 15 is 0 Å². The maximum atomic E-state index is 12.9. The van der Waals surface area contributed by atoms with Crippen LogP contribution < -0.4 is 5.73 Å². The number of unbranched alkanes of at least 4 members (excludes halogenated alkanes) is 4. The van der Waals surface area contributed by atoms with Crippen LogP contribution in [0.25, 0.3) is 0 Å². The second-order valence-corrected chi connectivity index (χ2v) is 8.59. The highest BCUT2D eigenvalue weighted by Crippen LogP contribution is 2.20. The van der Waals surface area contributed by atoms with E-state index in [4.69, 9.17) is 15.3 Å². The smallest absolute Gasteiger partial charge is 0.240 e. The van der Waals surface area contributed by atoms with Gasteiger partial charge in [0.2, 0.25) is 10.0 Å². The van der Waals surface area contributed by atoms with E-state index in [0.29, 0.717) is 19.7 Å². The topological polar surface area (TPSA) is 81.9 Å². The van der Waals surface area contributed by atoms with Gasteiger partial charge in [0, 0.05) is 19.6 Å². The maximum Gasteiger partial charge on any atom is 0.240 e. The predicted octanol–water partition coefficient (Wildman–Crippen LogP) is 3.19. The zero-order valence-corrected chi connectivity index (χ0v) is 16.3. The second-order valence-electron chi connectivity index (χ2n) is 6.73. The highest BCUT2D eigenvalue weighted by atomic mass is 32.2. The van der Waals surface area contributed by atoms with Gasteiger partial charge < -0.3 is 10.5 Å². The maximum absolute atomic E-state index is 12.9. The van der Waals surface area contributed by atoms with E-state index in [9.17, 15) is 8.42 Å². The average Bonchev–Trinajstić information content (AvgIpc) is 2.65. The van der Waals surface area contributed by atoms with Gasteiger partial charge in [0.1, 0.15) is 0 Å². The van der Waals surface area contributed by atoms with E-state index in [-0.39, 0.29) is 5.75 Å². The molecule has 1 heterocycles. The number of ether oxygens (including phenoxy) is 1. The summed E-state index contributed by atoms with van der Waals surface area (Å²) in [5.74, 6) is -0.0618. The SMILES string of the molecule is NCCCCCCCN(OC1CCCCO1)S(=O)(=O)Cc1ccccc1. The van der Waals surface area contributed by atoms with Crippen molar-refractivity contribution < 1.29 is 18.0 Å². The molecule has 1 aliphatic heterocycles. The summed E-state index contributed by atoms with van der Waals surface area (Å²) in [6.07, 6.45) is 7.15. The second kappa shape index (κ2) is 11.7. The molecule has 1 saturated heterocycles. The zero-order valence-electron chi connectivity index (χ0n) is 15.5. The summed E-state index contributed by atoms with van der Waals surface area (Å²) in [7, 11) is -3.56. The molecule has 0 aromatic heterocycles. The summed E-state index contributed by atoms with van der Waals surface area (Å²) < 4.78 is 32.5. The van der Waals surface area contributed by atoms with Crippen LogP contribution in [0.1, 0.15) is 56.9 Å². The third kappa shape index (κ3) is 7.72. The summed E-state index contributed by atoms with van der Waals surface area (Å²) in [4.78, 5) is 5.76. The molecule has 0 spiro atoms. The molecule has 1 aromatic carbocycles. The van der Waals surface area contributed by atoms with Crippen LogP contribution in [-0.4, -0.2) is 38.9 Å². The van der Waals surface area contributed by atoms with Gasteiger partial charge in [-0.2, -0.15) is 0 Å². The van der Waals surface area contributed by atoms with Crippen LogP contribution in [0.5, 0.6) is 0 Å². The van der Waals surface area contributed by atoms with Crippen LogP contribution in [0.4, 0.5) is 0 Å². The highest BCUT2D eigenvalue weighted by Gasteiger charge is 2.28. The number of benzene rings is 1. The van der Waals surface area contributed by atoms with Gasteiger partial charge in [0.25, 0.3) is 0 Å². The van der Waals surface area contributed by atoms with Crippen molar-refractivity contribution in [3.63, 3.8) is 0 Å². The molecule has 0 amide bonds. The number of hydrogen-bond donors (Lipinski definition) is 1. The third-order valence-electron chi connectivity index (χ3n) is 4.42. The summed E-state index contributed by atoms with van der Waals surface area (Å²) in [5, 5.41) is 0. The monoisotopic (exact) mass is 384 g/mol. The highest BCUT2D eigenvalue weighted by molar-refractivity contribution is 7.88. The van der Waals surface area contributed by atoms with Gasteiger partial charge in [0.05, 0.1) is 5.75 Å². The molecule has 2 N–H and O–H groups in total. The minimum absolute atomic E-state index is 0.0618. The fourth-order valence-corrected chi connectivity index (χ4v) is 4.35. The van der Waals surface area contributed by atoms with Crippen molar-refractivity contribution in [2.45, 2.75) is 63.4 Å². The van der Waals surface area contributed by atoms with Crippen LogP contribution in [0.3, 0.4) is 0 Å². The molecule has 0 bridgehead atoms. The van der Waals surface area contributed by atoms with E-state index in [1.54, 1.807) is 0 Å². The van der Waals surface area contributed by atoms with Crippen molar-refractivity contribution in [2.24, 2.45) is 5.73 Å². The summed E-state index contributed by atoms with van der Waals surface area (Å²) in [6, 6.07) is 9.20. The molecule has 0 aliphatic carbocycles. The first-order valence-electron chi connectivity index (χ1n) is 9.64. The lowest BCUT2D eigenvalue weighted by Crippen LogP contribution is -2.38. The fourth-order valence-electron chi connectivity index (χ4n) is 2.96. The van der Waals surface area contributed by atoms with E-state index < -0.39 is 16.3 Å².